The topological polar surface area (TPSA) is 107 Å². The molecule has 0 saturated heterocycles. The van der Waals surface area contributed by atoms with Crippen molar-refractivity contribution in [1.29, 1.82) is 0 Å². The molecule has 2 rings (SSSR count). The summed E-state index contributed by atoms with van der Waals surface area (Å²) in [6, 6.07) is 0. The van der Waals surface area contributed by atoms with Gasteiger partial charge in [0.25, 0.3) is 0 Å². The van der Waals surface area contributed by atoms with Crippen molar-refractivity contribution in [2.75, 3.05) is 0 Å². The zero-order valence-electron chi connectivity index (χ0n) is 16.4. The van der Waals surface area contributed by atoms with Gasteiger partial charge in [-0.2, -0.15) is 0 Å². The lowest BCUT2D eigenvalue weighted by Crippen LogP contribution is -2.28. The Kier molecular flexibility index (Phi) is 7.49. The Morgan fingerprint density at radius 2 is 1.35 bits per heavy atom. The van der Waals surface area contributed by atoms with E-state index in [0.717, 1.165) is 5.56 Å². The molecular formula is C19H28N6O. The number of hydrogen-bond donors (Lipinski definition) is 1. The summed E-state index contributed by atoms with van der Waals surface area (Å²) in [6.07, 6.45) is 9.96. The van der Waals surface area contributed by atoms with E-state index in [0.29, 0.717) is 17.9 Å². The van der Waals surface area contributed by atoms with Gasteiger partial charge in [0, 0.05) is 29.6 Å². The lowest BCUT2D eigenvalue weighted by Gasteiger charge is -2.16. The SMILES string of the molecule is CC(C)(C)C(=O)Cc1cncnc1.CC(C)(C)C(N)=Nc1cncnc1. The maximum atomic E-state index is 11.6. The van der Waals surface area contributed by atoms with Gasteiger partial charge in [0.15, 0.2) is 0 Å². The maximum Gasteiger partial charge on any atom is 0.142 e. The molecule has 2 aromatic heterocycles. The minimum Gasteiger partial charge on any atom is -0.387 e. The predicted octanol–water partition coefficient (Wildman–Crippen LogP) is 3.15. The molecule has 2 heterocycles. The zero-order valence-corrected chi connectivity index (χ0v) is 16.4. The number of carbonyl (C=O) groups is 1. The van der Waals surface area contributed by atoms with Crippen LogP contribution in [-0.4, -0.2) is 31.6 Å². The van der Waals surface area contributed by atoms with Gasteiger partial charge in [0.2, 0.25) is 0 Å². The molecule has 7 heteroatoms. The standard InChI is InChI=1S/C10H14N2O.C9H14N4/c1-10(2,3)9(13)4-8-5-11-7-12-6-8;1-9(2,3)8(10)13-7-4-11-6-12-5-7/h5-7H,4H2,1-3H3;4-6H,1-3H3,(H2,10,13). The van der Waals surface area contributed by atoms with E-state index in [-0.39, 0.29) is 16.6 Å². The van der Waals surface area contributed by atoms with E-state index in [2.05, 4.69) is 24.9 Å². The van der Waals surface area contributed by atoms with Gasteiger partial charge in [-0.15, -0.1) is 0 Å². The first-order chi connectivity index (χ1) is 12.0. The number of ketones is 1. The second-order valence-electron chi connectivity index (χ2n) is 7.94. The summed E-state index contributed by atoms with van der Waals surface area (Å²) >= 11 is 0. The molecule has 0 aliphatic heterocycles. The number of aromatic nitrogens is 4. The summed E-state index contributed by atoms with van der Waals surface area (Å²) in [5.74, 6) is 0.796. The molecule has 2 aromatic rings. The number of rotatable bonds is 3. The number of nitrogens with two attached hydrogens (primary N) is 1. The van der Waals surface area contributed by atoms with Crippen molar-refractivity contribution in [3.05, 3.63) is 43.0 Å². The fourth-order valence-corrected chi connectivity index (χ4v) is 1.53. The molecule has 0 fully saturated rings. The van der Waals surface area contributed by atoms with Gasteiger partial charge >= 0.3 is 0 Å². The van der Waals surface area contributed by atoms with Crippen LogP contribution >= 0.6 is 0 Å². The van der Waals surface area contributed by atoms with Crippen LogP contribution in [0.1, 0.15) is 47.1 Å². The monoisotopic (exact) mass is 356 g/mol. The molecule has 26 heavy (non-hydrogen) atoms. The third-order valence-electron chi connectivity index (χ3n) is 3.38. The van der Waals surface area contributed by atoms with E-state index in [4.69, 9.17) is 5.73 Å². The van der Waals surface area contributed by atoms with Crippen LogP contribution in [0.2, 0.25) is 0 Å². The van der Waals surface area contributed by atoms with E-state index in [1.807, 2.05) is 41.5 Å². The molecule has 2 N–H and O–H groups in total. The first kappa shape index (κ1) is 21.3. The van der Waals surface area contributed by atoms with Crippen LogP contribution in [0.25, 0.3) is 0 Å². The smallest absolute Gasteiger partial charge is 0.142 e. The normalized spacial score (nSPS) is 12.2. The number of Topliss-reactive ketones (excluding diaryl/α,β-unsaturated/α-hetero) is 1. The van der Waals surface area contributed by atoms with E-state index < -0.39 is 0 Å². The van der Waals surface area contributed by atoms with Crippen LogP contribution in [0.3, 0.4) is 0 Å². The van der Waals surface area contributed by atoms with E-state index in [1.54, 1.807) is 24.8 Å². The molecule has 140 valence electrons. The van der Waals surface area contributed by atoms with Crippen molar-refractivity contribution in [2.24, 2.45) is 21.6 Å². The highest BCUT2D eigenvalue weighted by Gasteiger charge is 2.21. The van der Waals surface area contributed by atoms with Crippen LogP contribution in [0.5, 0.6) is 0 Å². The fourth-order valence-electron chi connectivity index (χ4n) is 1.53. The molecule has 0 aromatic carbocycles. The largest absolute Gasteiger partial charge is 0.387 e. The molecule has 0 spiro atoms. The van der Waals surface area contributed by atoms with Crippen LogP contribution < -0.4 is 5.73 Å². The summed E-state index contributed by atoms with van der Waals surface area (Å²) in [6.45, 7) is 11.8. The Morgan fingerprint density at radius 1 is 0.885 bits per heavy atom. The highest BCUT2D eigenvalue weighted by atomic mass is 16.1. The molecule has 7 nitrogen and oxygen atoms in total. The number of nitrogens with zero attached hydrogens (tertiary/aromatic N) is 5. The van der Waals surface area contributed by atoms with Crippen molar-refractivity contribution in [2.45, 2.75) is 48.0 Å². The van der Waals surface area contributed by atoms with E-state index in [9.17, 15) is 4.79 Å². The molecule has 0 saturated carbocycles. The van der Waals surface area contributed by atoms with Crippen LogP contribution in [0.4, 0.5) is 5.69 Å². The fraction of sp³-hybridized carbons (Fsp3) is 0.474. The van der Waals surface area contributed by atoms with Gasteiger partial charge in [0.1, 0.15) is 30.0 Å². The average molecular weight is 356 g/mol. The highest BCUT2D eigenvalue weighted by molar-refractivity contribution is 5.87. The van der Waals surface area contributed by atoms with Gasteiger partial charge < -0.3 is 5.73 Å². The average Bonchev–Trinajstić information content (AvgIpc) is 2.55. The van der Waals surface area contributed by atoms with Gasteiger partial charge in [-0.05, 0) is 5.56 Å². The Bertz CT molecular complexity index is 715. The third kappa shape index (κ3) is 7.92. The molecule has 0 aliphatic rings. The summed E-state index contributed by atoms with van der Waals surface area (Å²) in [5, 5.41) is 0. The molecule has 0 aliphatic carbocycles. The second kappa shape index (κ2) is 9.12. The predicted molar refractivity (Wildman–Crippen MR) is 103 cm³/mol. The second-order valence-corrected chi connectivity index (χ2v) is 7.94. The van der Waals surface area contributed by atoms with Crippen molar-refractivity contribution in [3.8, 4) is 0 Å². The zero-order chi connectivity index (χ0) is 19.8. The maximum absolute atomic E-state index is 11.6. The number of amidine groups is 1. The van der Waals surface area contributed by atoms with E-state index >= 15 is 0 Å². The first-order valence-corrected chi connectivity index (χ1v) is 8.37. The summed E-state index contributed by atoms with van der Waals surface area (Å²) < 4.78 is 0. The van der Waals surface area contributed by atoms with Crippen molar-refractivity contribution in [3.63, 3.8) is 0 Å². The van der Waals surface area contributed by atoms with E-state index in [1.165, 1.54) is 12.7 Å². The molecule has 0 radical (unpaired) electrons. The van der Waals surface area contributed by atoms with Crippen LogP contribution in [0.15, 0.2) is 42.4 Å². The van der Waals surface area contributed by atoms with Gasteiger partial charge in [-0.25, -0.2) is 24.9 Å². The lowest BCUT2D eigenvalue weighted by molar-refractivity contribution is -0.125. The van der Waals surface area contributed by atoms with Crippen molar-refractivity contribution < 1.29 is 4.79 Å². The molecular weight excluding hydrogens is 328 g/mol. The van der Waals surface area contributed by atoms with Gasteiger partial charge in [0.05, 0.1) is 12.4 Å². The lowest BCUT2D eigenvalue weighted by atomic mass is 9.88. The molecule has 0 bridgehead atoms. The molecule has 0 atom stereocenters. The Morgan fingerprint density at radius 3 is 1.77 bits per heavy atom. The Balaban J connectivity index is 0.000000260. The van der Waals surface area contributed by atoms with Crippen molar-refractivity contribution >= 4 is 17.3 Å². The number of hydrogen-bond acceptors (Lipinski definition) is 6. The molecule has 0 unspecified atom stereocenters. The number of carbonyl (C=O) groups excluding carboxylic acids is 1. The summed E-state index contributed by atoms with van der Waals surface area (Å²) in [7, 11) is 0. The minimum absolute atomic E-state index is 0.115. The van der Waals surface area contributed by atoms with Crippen LogP contribution in [-0.2, 0) is 11.2 Å². The van der Waals surface area contributed by atoms with Crippen molar-refractivity contribution in [1.82, 2.24) is 19.9 Å². The summed E-state index contributed by atoms with van der Waals surface area (Å²) in [5.41, 5.74) is 6.95. The third-order valence-corrected chi connectivity index (χ3v) is 3.38. The minimum atomic E-state index is -0.282. The van der Waals surface area contributed by atoms with Gasteiger partial charge in [-0.1, -0.05) is 41.5 Å². The van der Waals surface area contributed by atoms with Crippen LogP contribution in [0, 0.1) is 10.8 Å². The first-order valence-electron chi connectivity index (χ1n) is 8.37. The summed E-state index contributed by atoms with van der Waals surface area (Å²) in [4.78, 5) is 31.2. The highest BCUT2D eigenvalue weighted by Crippen LogP contribution is 2.17. The van der Waals surface area contributed by atoms with Gasteiger partial charge in [-0.3, -0.25) is 4.79 Å². The molecule has 0 amide bonds. The Hall–Kier alpha value is -2.70. The quantitative estimate of drug-likeness (QED) is 0.668. The Labute approximate surface area is 155 Å². The number of aliphatic imine (C=N–C) groups is 1.